The summed E-state index contributed by atoms with van der Waals surface area (Å²) >= 11 is 0. The van der Waals surface area contributed by atoms with E-state index in [9.17, 15) is 0 Å². The molecular formula is C24H30N4O4. The molecule has 0 aliphatic rings. The summed E-state index contributed by atoms with van der Waals surface area (Å²) in [4.78, 5) is 6.74. The minimum Gasteiger partial charge on any atom is -0.497 e. The van der Waals surface area contributed by atoms with Gasteiger partial charge in [-0.05, 0) is 37.3 Å². The van der Waals surface area contributed by atoms with E-state index in [0.29, 0.717) is 53.3 Å². The maximum absolute atomic E-state index is 6.36. The second-order valence-corrected chi connectivity index (χ2v) is 7.30. The van der Waals surface area contributed by atoms with Crippen LogP contribution in [-0.4, -0.2) is 33.4 Å². The average molecular weight is 439 g/mol. The van der Waals surface area contributed by atoms with Gasteiger partial charge in [0.25, 0.3) is 0 Å². The highest BCUT2D eigenvalue weighted by molar-refractivity contribution is 5.77. The third-order valence-corrected chi connectivity index (χ3v) is 5.21. The van der Waals surface area contributed by atoms with E-state index in [0.717, 1.165) is 16.8 Å². The molecular weight excluding hydrogens is 408 g/mol. The van der Waals surface area contributed by atoms with Crippen LogP contribution >= 0.6 is 0 Å². The predicted molar refractivity (Wildman–Crippen MR) is 127 cm³/mol. The van der Waals surface area contributed by atoms with Crippen LogP contribution in [0.4, 0.5) is 17.2 Å². The van der Waals surface area contributed by atoms with E-state index >= 15 is 0 Å². The number of rotatable bonds is 9. The Balaban J connectivity index is 2.07. The fourth-order valence-corrected chi connectivity index (χ4v) is 3.51. The van der Waals surface area contributed by atoms with Gasteiger partial charge in [0.1, 0.15) is 23.0 Å². The van der Waals surface area contributed by atoms with Crippen molar-refractivity contribution in [3.63, 3.8) is 0 Å². The molecule has 0 aliphatic heterocycles. The maximum atomic E-state index is 6.36. The minimum absolute atomic E-state index is 0.426. The molecule has 0 amide bonds. The lowest BCUT2D eigenvalue weighted by atomic mass is 10.1. The van der Waals surface area contributed by atoms with E-state index in [2.05, 4.69) is 0 Å². The highest BCUT2D eigenvalue weighted by Crippen LogP contribution is 2.34. The van der Waals surface area contributed by atoms with Gasteiger partial charge >= 0.3 is 0 Å². The quantitative estimate of drug-likeness (QED) is 0.520. The van der Waals surface area contributed by atoms with Crippen LogP contribution in [0.3, 0.4) is 0 Å². The number of methoxy groups -OCH3 is 4. The Morgan fingerprint density at radius 2 is 1.25 bits per heavy atom. The van der Waals surface area contributed by atoms with E-state index in [1.165, 1.54) is 0 Å². The summed E-state index contributed by atoms with van der Waals surface area (Å²) in [6.07, 6.45) is 0. The Kier molecular flexibility index (Phi) is 7.14. The standard InChI is InChI=1S/C24H30N4O4/c1-15-10-20(25)23(26)24(27-15)28(13-16-6-8-18(29-2)11-21(16)31-4)14-17-7-9-19(30-3)12-22(17)32-5/h6-12H,13-14,26H2,1-5H3,(H2,25,27). The molecule has 0 saturated carbocycles. The Morgan fingerprint density at radius 3 is 1.69 bits per heavy atom. The molecule has 1 aromatic heterocycles. The molecule has 0 radical (unpaired) electrons. The normalized spacial score (nSPS) is 10.5. The largest absolute Gasteiger partial charge is 0.497 e. The van der Waals surface area contributed by atoms with Crippen molar-refractivity contribution in [2.45, 2.75) is 20.0 Å². The fraction of sp³-hybridized carbons (Fsp3) is 0.292. The number of aromatic nitrogens is 1. The SMILES string of the molecule is COc1ccc(CN(Cc2ccc(OC)cc2OC)c2nc(C)cc(N)c2N)c(OC)c1. The predicted octanol–water partition coefficient (Wildman–Crippen LogP) is 3.80. The molecule has 32 heavy (non-hydrogen) atoms. The summed E-state index contributed by atoms with van der Waals surface area (Å²) < 4.78 is 21.9. The molecule has 8 nitrogen and oxygen atoms in total. The van der Waals surface area contributed by atoms with Crippen LogP contribution in [0.2, 0.25) is 0 Å². The van der Waals surface area contributed by atoms with Gasteiger partial charge in [0.05, 0.1) is 39.8 Å². The summed E-state index contributed by atoms with van der Waals surface area (Å²) in [5.74, 6) is 3.43. The first-order chi connectivity index (χ1) is 15.4. The molecule has 0 unspecified atom stereocenters. The number of anilines is 3. The first-order valence-electron chi connectivity index (χ1n) is 10.1. The number of nitrogens with two attached hydrogens (primary N) is 2. The molecule has 0 fully saturated rings. The Labute approximate surface area is 188 Å². The number of pyridine rings is 1. The number of nitrogen functional groups attached to an aromatic ring is 2. The van der Waals surface area contributed by atoms with E-state index in [4.69, 9.17) is 35.4 Å². The lowest BCUT2D eigenvalue weighted by molar-refractivity contribution is 0.389. The van der Waals surface area contributed by atoms with Crippen LogP contribution < -0.4 is 35.3 Å². The van der Waals surface area contributed by atoms with Crippen molar-refractivity contribution in [3.05, 3.63) is 59.3 Å². The van der Waals surface area contributed by atoms with Crippen molar-refractivity contribution in [1.29, 1.82) is 0 Å². The molecule has 1 heterocycles. The Bertz CT molecular complexity index is 1030. The Hall–Kier alpha value is -3.81. The van der Waals surface area contributed by atoms with Crippen LogP contribution in [-0.2, 0) is 13.1 Å². The topological polar surface area (TPSA) is 105 Å². The number of aryl methyl sites for hydroxylation is 1. The molecule has 0 aliphatic carbocycles. The maximum Gasteiger partial charge on any atom is 0.154 e. The second-order valence-electron chi connectivity index (χ2n) is 7.30. The number of hydrogen-bond acceptors (Lipinski definition) is 8. The zero-order valence-electron chi connectivity index (χ0n) is 19.1. The summed E-state index contributed by atoms with van der Waals surface area (Å²) in [6, 6.07) is 13.2. The number of hydrogen-bond donors (Lipinski definition) is 2. The van der Waals surface area contributed by atoms with E-state index in [-0.39, 0.29) is 0 Å². The minimum atomic E-state index is 0.426. The van der Waals surface area contributed by atoms with Crippen molar-refractivity contribution in [2.24, 2.45) is 0 Å². The van der Waals surface area contributed by atoms with E-state index in [1.54, 1.807) is 34.5 Å². The second kappa shape index (κ2) is 10.00. The third-order valence-electron chi connectivity index (χ3n) is 5.21. The third kappa shape index (κ3) is 4.91. The van der Waals surface area contributed by atoms with Gasteiger partial charge in [0, 0.05) is 42.0 Å². The van der Waals surface area contributed by atoms with Gasteiger partial charge in [-0.3, -0.25) is 0 Å². The zero-order chi connectivity index (χ0) is 23.3. The van der Waals surface area contributed by atoms with Crippen LogP contribution in [0.5, 0.6) is 23.0 Å². The molecule has 170 valence electrons. The highest BCUT2D eigenvalue weighted by Gasteiger charge is 2.20. The molecule has 4 N–H and O–H groups in total. The first-order valence-corrected chi connectivity index (χ1v) is 10.1. The zero-order valence-corrected chi connectivity index (χ0v) is 19.1. The lowest BCUT2D eigenvalue weighted by Gasteiger charge is -2.27. The van der Waals surface area contributed by atoms with Gasteiger partial charge in [0.2, 0.25) is 0 Å². The van der Waals surface area contributed by atoms with Gasteiger partial charge in [-0.25, -0.2) is 4.98 Å². The summed E-state index contributed by atoms with van der Waals surface area (Å²) in [7, 11) is 6.51. The average Bonchev–Trinajstić information content (AvgIpc) is 2.81. The van der Waals surface area contributed by atoms with E-state index in [1.807, 2.05) is 48.2 Å². The van der Waals surface area contributed by atoms with Gasteiger partial charge in [-0.2, -0.15) is 0 Å². The van der Waals surface area contributed by atoms with Gasteiger partial charge < -0.3 is 35.3 Å². The molecule has 2 aromatic carbocycles. The summed E-state index contributed by atoms with van der Waals surface area (Å²) in [5, 5.41) is 0. The van der Waals surface area contributed by atoms with Crippen LogP contribution in [0.1, 0.15) is 16.8 Å². The molecule has 8 heteroatoms. The fourth-order valence-electron chi connectivity index (χ4n) is 3.51. The van der Waals surface area contributed by atoms with Gasteiger partial charge in [0.15, 0.2) is 5.82 Å². The van der Waals surface area contributed by atoms with E-state index < -0.39 is 0 Å². The van der Waals surface area contributed by atoms with Crippen molar-refractivity contribution >= 4 is 17.2 Å². The summed E-state index contributed by atoms with van der Waals surface area (Å²) in [5.41, 5.74) is 16.1. The molecule has 0 spiro atoms. The van der Waals surface area contributed by atoms with Gasteiger partial charge in [-0.15, -0.1) is 0 Å². The van der Waals surface area contributed by atoms with Crippen LogP contribution in [0.25, 0.3) is 0 Å². The lowest BCUT2D eigenvalue weighted by Crippen LogP contribution is -2.25. The first kappa shape index (κ1) is 22.9. The van der Waals surface area contributed by atoms with Crippen LogP contribution in [0.15, 0.2) is 42.5 Å². The monoisotopic (exact) mass is 438 g/mol. The smallest absolute Gasteiger partial charge is 0.154 e. The number of benzene rings is 2. The Morgan fingerprint density at radius 1 is 0.750 bits per heavy atom. The summed E-state index contributed by atoms with van der Waals surface area (Å²) in [6.45, 7) is 2.84. The molecule has 3 rings (SSSR count). The highest BCUT2D eigenvalue weighted by atomic mass is 16.5. The van der Waals surface area contributed by atoms with Gasteiger partial charge in [-0.1, -0.05) is 0 Å². The molecule has 3 aromatic rings. The molecule has 0 saturated heterocycles. The number of nitrogens with zero attached hydrogens (tertiary/aromatic N) is 2. The van der Waals surface area contributed by atoms with Crippen molar-refractivity contribution in [3.8, 4) is 23.0 Å². The number of ether oxygens (including phenoxy) is 4. The van der Waals surface area contributed by atoms with Crippen molar-refractivity contribution in [1.82, 2.24) is 4.98 Å². The van der Waals surface area contributed by atoms with Crippen molar-refractivity contribution in [2.75, 3.05) is 44.8 Å². The molecule has 0 bridgehead atoms. The molecule has 0 atom stereocenters. The van der Waals surface area contributed by atoms with Crippen LogP contribution in [0, 0.1) is 6.92 Å². The van der Waals surface area contributed by atoms with Crippen molar-refractivity contribution < 1.29 is 18.9 Å².